The summed E-state index contributed by atoms with van der Waals surface area (Å²) in [6.45, 7) is 7.18. The lowest BCUT2D eigenvalue weighted by Gasteiger charge is -2.18. The van der Waals surface area contributed by atoms with Crippen LogP contribution in [0, 0.1) is 0 Å². The molecule has 0 unspecified atom stereocenters. The zero-order chi connectivity index (χ0) is 15.2. The largest absolute Gasteiger partial charge is 0.447 e. The van der Waals surface area contributed by atoms with Gasteiger partial charge in [-0.2, -0.15) is 0 Å². The lowest BCUT2D eigenvalue weighted by atomic mass is 9.95. The molecule has 0 radical (unpaired) electrons. The van der Waals surface area contributed by atoms with Crippen LogP contribution in [0.1, 0.15) is 37.9 Å². The molecule has 112 valence electrons. The predicted octanol–water partition coefficient (Wildman–Crippen LogP) is 0.725. The fourth-order valence-electron chi connectivity index (χ4n) is 2.41. The summed E-state index contributed by atoms with van der Waals surface area (Å²) in [6, 6.07) is -0.596. The molecule has 0 aliphatic carbocycles. The van der Waals surface area contributed by atoms with Crippen LogP contribution < -0.4 is 5.32 Å². The molecule has 1 aromatic rings. The summed E-state index contributed by atoms with van der Waals surface area (Å²) in [7, 11) is 0. The zero-order valence-electron chi connectivity index (χ0n) is 12.3. The fraction of sp³-hybridized carbons (Fsp3) is 0.571. The number of carbonyl (C=O) groups is 2. The van der Waals surface area contributed by atoms with Crippen LogP contribution in [-0.2, 0) is 28.0 Å². The summed E-state index contributed by atoms with van der Waals surface area (Å²) in [5.74, 6) is 0.629. The number of hydrogen-bond acceptors (Lipinski definition) is 5. The van der Waals surface area contributed by atoms with Crippen molar-refractivity contribution in [2.24, 2.45) is 0 Å². The van der Waals surface area contributed by atoms with E-state index in [4.69, 9.17) is 4.74 Å². The van der Waals surface area contributed by atoms with Crippen LogP contribution in [0.4, 0.5) is 4.79 Å². The molecule has 0 saturated carbocycles. The minimum atomic E-state index is -0.596. The summed E-state index contributed by atoms with van der Waals surface area (Å²) in [6.07, 6.45) is 1.25. The number of ether oxygens (including phenoxy) is 1. The molecular formula is C14H18N4O3. The number of rotatable bonds is 1. The smallest absolute Gasteiger partial charge is 0.407 e. The maximum atomic E-state index is 12.3. The molecule has 0 bridgehead atoms. The summed E-state index contributed by atoms with van der Waals surface area (Å²) in [5, 5.41) is 2.50. The molecule has 0 spiro atoms. The Balaban J connectivity index is 1.75. The van der Waals surface area contributed by atoms with Crippen LogP contribution in [-0.4, -0.2) is 39.5 Å². The standard InChI is InChI=1S/C14H18N4O3/c1-14(2,3)12-15-4-8-5-18(6-9(8)16-12)11(19)10-7-21-13(20)17-10/h4,10H,5-7H2,1-3H3,(H,17,20)/t10-/m0/s1. The average molecular weight is 290 g/mol. The van der Waals surface area contributed by atoms with Gasteiger partial charge in [0.2, 0.25) is 5.91 Å². The Morgan fingerprint density at radius 3 is 2.81 bits per heavy atom. The van der Waals surface area contributed by atoms with Crippen molar-refractivity contribution in [1.82, 2.24) is 20.2 Å². The lowest BCUT2D eigenvalue weighted by Crippen LogP contribution is -2.43. The van der Waals surface area contributed by atoms with E-state index in [1.165, 1.54) is 0 Å². The van der Waals surface area contributed by atoms with Gasteiger partial charge < -0.3 is 15.0 Å². The normalized spacial score (nSPS) is 21.0. The quantitative estimate of drug-likeness (QED) is 0.824. The number of hydrogen-bond donors (Lipinski definition) is 1. The molecular weight excluding hydrogens is 272 g/mol. The third-order valence-electron chi connectivity index (χ3n) is 3.61. The van der Waals surface area contributed by atoms with Crippen LogP contribution in [0.2, 0.25) is 0 Å². The Morgan fingerprint density at radius 2 is 2.19 bits per heavy atom. The predicted molar refractivity (Wildman–Crippen MR) is 73.3 cm³/mol. The average Bonchev–Trinajstić information content (AvgIpc) is 3.01. The Hall–Kier alpha value is -2.18. The number of alkyl carbamates (subject to hydrolysis) is 1. The number of aromatic nitrogens is 2. The number of fused-ring (bicyclic) bond motifs is 1. The van der Waals surface area contributed by atoms with Gasteiger partial charge >= 0.3 is 6.09 Å². The molecule has 2 amide bonds. The molecule has 1 aromatic heterocycles. The van der Waals surface area contributed by atoms with E-state index in [1.54, 1.807) is 11.1 Å². The Labute approximate surface area is 122 Å². The number of carbonyl (C=O) groups excluding carboxylic acids is 2. The highest BCUT2D eigenvalue weighted by atomic mass is 16.6. The van der Waals surface area contributed by atoms with Gasteiger partial charge in [0.1, 0.15) is 18.5 Å². The van der Waals surface area contributed by atoms with Gasteiger partial charge in [-0.3, -0.25) is 4.79 Å². The molecule has 7 nitrogen and oxygen atoms in total. The Kier molecular flexibility index (Phi) is 3.07. The second-order valence-electron chi connectivity index (χ2n) is 6.41. The van der Waals surface area contributed by atoms with Crippen molar-refractivity contribution in [3.8, 4) is 0 Å². The van der Waals surface area contributed by atoms with E-state index in [-0.39, 0.29) is 17.9 Å². The highest BCUT2D eigenvalue weighted by Gasteiger charge is 2.35. The van der Waals surface area contributed by atoms with Gasteiger partial charge in [0.15, 0.2) is 0 Å². The summed E-state index contributed by atoms with van der Waals surface area (Å²) < 4.78 is 4.76. The lowest BCUT2D eigenvalue weighted by molar-refractivity contribution is -0.133. The van der Waals surface area contributed by atoms with E-state index in [9.17, 15) is 9.59 Å². The second-order valence-corrected chi connectivity index (χ2v) is 6.41. The Bertz CT molecular complexity index is 609. The van der Waals surface area contributed by atoms with Gasteiger partial charge in [-0.1, -0.05) is 20.8 Å². The first-order valence-corrected chi connectivity index (χ1v) is 6.92. The molecule has 3 rings (SSSR count). The highest BCUT2D eigenvalue weighted by molar-refractivity contribution is 5.88. The van der Waals surface area contributed by atoms with Crippen molar-refractivity contribution in [2.45, 2.75) is 45.3 Å². The second kappa shape index (κ2) is 4.68. The Morgan fingerprint density at radius 1 is 1.43 bits per heavy atom. The van der Waals surface area contributed by atoms with Crippen LogP contribution in [0.15, 0.2) is 6.20 Å². The van der Waals surface area contributed by atoms with Gasteiger partial charge in [-0.05, 0) is 0 Å². The third-order valence-corrected chi connectivity index (χ3v) is 3.61. The van der Waals surface area contributed by atoms with E-state index in [2.05, 4.69) is 36.1 Å². The zero-order valence-corrected chi connectivity index (χ0v) is 12.3. The molecule has 2 aliphatic heterocycles. The highest BCUT2D eigenvalue weighted by Crippen LogP contribution is 2.25. The van der Waals surface area contributed by atoms with E-state index in [0.29, 0.717) is 13.1 Å². The van der Waals surface area contributed by atoms with E-state index < -0.39 is 12.1 Å². The summed E-state index contributed by atoms with van der Waals surface area (Å²) >= 11 is 0. The topological polar surface area (TPSA) is 84.4 Å². The van der Waals surface area contributed by atoms with Crippen molar-refractivity contribution in [2.75, 3.05) is 6.61 Å². The molecule has 3 heterocycles. The summed E-state index contributed by atoms with van der Waals surface area (Å²) in [5.41, 5.74) is 1.72. The molecule has 2 aliphatic rings. The van der Waals surface area contributed by atoms with E-state index >= 15 is 0 Å². The molecule has 7 heteroatoms. The molecule has 21 heavy (non-hydrogen) atoms. The van der Waals surface area contributed by atoms with Crippen molar-refractivity contribution in [3.63, 3.8) is 0 Å². The van der Waals surface area contributed by atoms with Crippen molar-refractivity contribution >= 4 is 12.0 Å². The van der Waals surface area contributed by atoms with Crippen LogP contribution in [0.25, 0.3) is 0 Å². The maximum Gasteiger partial charge on any atom is 0.407 e. The molecule has 0 aromatic carbocycles. The fourth-order valence-corrected chi connectivity index (χ4v) is 2.41. The van der Waals surface area contributed by atoms with Crippen molar-refractivity contribution in [3.05, 3.63) is 23.3 Å². The number of amides is 2. The number of nitrogens with zero attached hydrogens (tertiary/aromatic N) is 3. The minimum Gasteiger partial charge on any atom is -0.447 e. The first-order valence-electron chi connectivity index (χ1n) is 6.92. The van der Waals surface area contributed by atoms with Crippen LogP contribution in [0.5, 0.6) is 0 Å². The van der Waals surface area contributed by atoms with Crippen molar-refractivity contribution < 1.29 is 14.3 Å². The van der Waals surface area contributed by atoms with Gasteiger partial charge in [0.05, 0.1) is 12.2 Å². The molecule has 1 fully saturated rings. The molecule has 1 saturated heterocycles. The summed E-state index contributed by atoms with van der Waals surface area (Å²) in [4.78, 5) is 34.0. The third kappa shape index (κ3) is 2.55. The van der Waals surface area contributed by atoms with Crippen molar-refractivity contribution in [1.29, 1.82) is 0 Å². The van der Waals surface area contributed by atoms with E-state index in [0.717, 1.165) is 17.1 Å². The number of cyclic esters (lactones) is 1. The van der Waals surface area contributed by atoms with Gasteiger partial charge in [0.25, 0.3) is 0 Å². The van der Waals surface area contributed by atoms with E-state index in [1.807, 2.05) is 0 Å². The van der Waals surface area contributed by atoms with Gasteiger partial charge in [-0.25, -0.2) is 14.8 Å². The number of nitrogens with one attached hydrogen (secondary N) is 1. The molecule has 1 N–H and O–H groups in total. The minimum absolute atomic E-state index is 0.0867. The SMILES string of the molecule is CC(C)(C)c1ncc2c(n1)CN(C(=O)[C@@H]1COC(=O)N1)C2. The first kappa shape index (κ1) is 13.8. The first-order chi connectivity index (χ1) is 9.84. The monoisotopic (exact) mass is 290 g/mol. The molecule has 1 atom stereocenters. The van der Waals surface area contributed by atoms with Crippen LogP contribution in [0.3, 0.4) is 0 Å². The van der Waals surface area contributed by atoms with Gasteiger partial charge in [0, 0.05) is 23.7 Å². The van der Waals surface area contributed by atoms with Gasteiger partial charge in [-0.15, -0.1) is 0 Å². The van der Waals surface area contributed by atoms with Crippen LogP contribution >= 0.6 is 0 Å². The maximum absolute atomic E-state index is 12.3.